The lowest BCUT2D eigenvalue weighted by molar-refractivity contribution is 0.281. The van der Waals surface area contributed by atoms with Gasteiger partial charge in [0.15, 0.2) is 0 Å². The summed E-state index contributed by atoms with van der Waals surface area (Å²) in [4.78, 5) is -0.0602. The Morgan fingerprint density at radius 2 is 1.71 bits per heavy atom. The minimum Gasteiger partial charge on any atom is -0.392 e. The van der Waals surface area contributed by atoms with Crippen LogP contribution in [0.25, 0.3) is 0 Å². The summed E-state index contributed by atoms with van der Waals surface area (Å²) in [7, 11) is -3.76. The van der Waals surface area contributed by atoms with Crippen molar-refractivity contribution in [3.8, 4) is 0 Å². The first-order valence-electron chi connectivity index (χ1n) is 6.06. The minimum atomic E-state index is -3.76. The van der Waals surface area contributed by atoms with Gasteiger partial charge in [-0.3, -0.25) is 0 Å². The van der Waals surface area contributed by atoms with E-state index in [0.29, 0.717) is 5.56 Å². The second-order valence-corrected chi connectivity index (χ2v) is 6.88. The quantitative estimate of drug-likeness (QED) is 0.875. The third kappa shape index (κ3) is 3.96. The maximum Gasteiger partial charge on any atom is 0.242 e. The van der Waals surface area contributed by atoms with Gasteiger partial charge in [0, 0.05) is 6.54 Å². The molecule has 0 aliphatic rings. The molecule has 0 aliphatic carbocycles. The highest BCUT2D eigenvalue weighted by Gasteiger charge is 2.19. The van der Waals surface area contributed by atoms with Crippen LogP contribution in [0.3, 0.4) is 0 Å². The molecule has 0 saturated heterocycles. The van der Waals surface area contributed by atoms with E-state index in [9.17, 15) is 8.42 Å². The average molecular weight is 346 g/mol. The van der Waals surface area contributed by atoms with Gasteiger partial charge in [0.25, 0.3) is 0 Å². The smallest absolute Gasteiger partial charge is 0.242 e. The maximum atomic E-state index is 12.2. The molecular formula is C14H13Cl2NO3S. The van der Waals surface area contributed by atoms with Gasteiger partial charge in [0.05, 0.1) is 16.7 Å². The van der Waals surface area contributed by atoms with E-state index in [-0.39, 0.29) is 28.1 Å². The fourth-order valence-corrected chi connectivity index (χ4v) is 3.56. The van der Waals surface area contributed by atoms with Crippen molar-refractivity contribution in [3.05, 3.63) is 63.6 Å². The normalized spacial score (nSPS) is 11.6. The topological polar surface area (TPSA) is 66.4 Å². The molecule has 0 radical (unpaired) electrons. The monoisotopic (exact) mass is 345 g/mol. The van der Waals surface area contributed by atoms with Gasteiger partial charge >= 0.3 is 0 Å². The van der Waals surface area contributed by atoms with E-state index in [1.807, 2.05) is 0 Å². The van der Waals surface area contributed by atoms with E-state index in [0.717, 1.165) is 5.56 Å². The van der Waals surface area contributed by atoms with Crippen LogP contribution in [-0.2, 0) is 23.2 Å². The fraction of sp³-hybridized carbons (Fsp3) is 0.143. The molecule has 7 heteroatoms. The largest absolute Gasteiger partial charge is 0.392 e. The van der Waals surface area contributed by atoms with Crippen LogP contribution in [-0.4, -0.2) is 13.5 Å². The molecule has 0 aromatic heterocycles. The van der Waals surface area contributed by atoms with E-state index >= 15 is 0 Å². The molecule has 4 nitrogen and oxygen atoms in total. The molecule has 112 valence electrons. The number of nitrogens with one attached hydrogen (secondary N) is 1. The van der Waals surface area contributed by atoms with Gasteiger partial charge in [-0.2, -0.15) is 0 Å². The van der Waals surface area contributed by atoms with Gasteiger partial charge in [0.1, 0.15) is 4.90 Å². The summed E-state index contributed by atoms with van der Waals surface area (Å²) in [5.41, 5.74) is 1.45. The fourth-order valence-electron chi connectivity index (χ4n) is 1.79. The van der Waals surface area contributed by atoms with E-state index in [1.165, 1.54) is 18.2 Å². The number of hydrogen-bond donors (Lipinski definition) is 2. The van der Waals surface area contributed by atoms with Crippen molar-refractivity contribution in [2.24, 2.45) is 0 Å². The Morgan fingerprint density at radius 1 is 1.05 bits per heavy atom. The van der Waals surface area contributed by atoms with Crippen LogP contribution in [0.2, 0.25) is 10.0 Å². The lowest BCUT2D eigenvalue weighted by Gasteiger charge is -2.09. The lowest BCUT2D eigenvalue weighted by Crippen LogP contribution is -2.23. The van der Waals surface area contributed by atoms with E-state index < -0.39 is 10.0 Å². The highest BCUT2D eigenvalue weighted by molar-refractivity contribution is 7.89. The third-order valence-corrected chi connectivity index (χ3v) is 5.22. The van der Waals surface area contributed by atoms with Crippen molar-refractivity contribution >= 4 is 33.2 Å². The summed E-state index contributed by atoms with van der Waals surface area (Å²) >= 11 is 11.7. The number of rotatable bonds is 5. The van der Waals surface area contributed by atoms with Crippen LogP contribution >= 0.6 is 23.2 Å². The zero-order chi connectivity index (χ0) is 15.5. The summed E-state index contributed by atoms with van der Waals surface area (Å²) in [5.74, 6) is 0. The molecule has 2 aromatic rings. The molecule has 21 heavy (non-hydrogen) atoms. The van der Waals surface area contributed by atoms with Crippen molar-refractivity contribution < 1.29 is 13.5 Å². The van der Waals surface area contributed by atoms with E-state index in [4.69, 9.17) is 28.3 Å². The standard InChI is InChI=1S/C14H13Cl2NO3S/c15-12-5-2-6-13(14(12)16)21(19,20)17-8-10-3-1-4-11(7-10)9-18/h1-7,17-18H,8-9H2. The zero-order valence-corrected chi connectivity index (χ0v) is 13.2. The van der Waals surface area contributed by atoms with Gasteiger partial charge < -0.3 is 5.11 Å². The average Bonchev–Trinajstić information content (AvgIpc) is 2.48. The second-order valence-electron chi connectivity index (χ2n) is 4.35. The van der Waals surface area contributed by atoms with Crippen molar-refractivity contribution in [2.45, 2.75) is 18.0 Å². The summed E-state index contributed by atoms with van der Waals surface area (Å²) in [5, 5.41) is 9.24. The zero-order valence-electron chi connectivity index (χ0n) is 10.9. The van der Waals surface area contributed by atoms with Gasteiger partial charge in [0.2, 0.25) is 10.0 Å². The first kappa shape index (κ1) is 16.3. The predicted molar refractivity (Wildman–Crippen MR) is 82.9 cm³/mol. The molecule has 0 aliphatic heterocycles. The number of hydrogen-bond acceptors (Lipinski definition) is 3. The molecule has 0 unspecified atom stereocenters. The maximum absolute atomic E-state index is 12.2. The summed E-state index contributed by atoms with van der Waals surface area (Å²) < 4.78 is 26.9. The van der Waals surface area contributed by atoms with Crippen molar-refractivity contribution in [3.63, 3.8) is 0 Å². The Hall–Kier alpha value is -1.11. The van der Waals surface area contributed by atoms with Crippen LogP contribution in [0.15, 0.2) is 47.4 Å². The second kappa shape index (κ2) is 6.77. The number of aliphatic hydroxyl groups excluding tert-OH is 1. The summed E-state index contributed by atoms with van der Waals surface area (Å²) in [6, 6.07) is 11.4. The molecular weight excluding hydrogens is 333 g/mol. The van der Waals surface area contributed by atoms with Crippen LogP contribution in [0, 0.1) is 0 Å². The molecule has 0 spiro atoms. The van der Waals surface area contributed by atoms with Gasteiger partial charge in [-0.1, -0.05) is 53.5 Å². The minimum absolute atomic E-state index is 0.00391. The Balaban J connectivity index is 2.20. The highest BCUT2D eigenvalue weighted by atomic mass is 35.5. The molecule has 0 fully saturated rings. The predicted octanol–water partition coefficient (Wildman–Crippen LogP) is 2.96. The van der Waals surface area contributed by atoms with Crippen molar-refractivity contribution in [1.82, 2.24) is 4.72 Å². The van der Waals surface area contributed by atoms with Gasteiger partial charge in [-0.15, -0.1) is 0 Å². The van der Waals surface area contributed by atoms with Crippen LogP contribution in [0.4, 0.5) is 0 Å². The number of aliphatic hydroxyl groups is 1. The molecule has 0 heterocycles. The Labute approximate surface area is 133 Å². The van der Waals surface area contributed by atoms with E-state index in [1.54, 1.807) is 24.3 Å². The number of halogens is 2. The number of sulfonamides is 1. The van der Waals surface area contributed by atoms with Crippen molar-refractivity contribution in [1.29, 1.82) is 0 Å². The van der Waals surface area contributed by atoms with Gasteiger partial charge in [-0.05, 0) is 23.3 Å². The Morgan fingerprint density at radius 3 is 2.43 bits per heavy atom. The highest BCUT2D eigenvalue weighted by Crippen LogP contribution is 2.28. The SMILES string of the molecule is O=S(=O)(NCc1cccc(CO)c1)c1cccc(Cl)c1Cl. The lowest BCUT2D eigenvalue weighted by atomic mass is 10.1. The molecule has 2 aromatic carbocycles. The Bertz CT molecular complexity index is 748. The number of benzene rings is 2. The summed E-state index contributed by atoms with van der Waals surface area (Å²) in [6.07, 6.45) is 0. The molecule has 2 rings (SSSR count). The first-order valence-corrected chi connectivity index (χ1v) is 8.30. The Kier molecular flexibility index (Phi) is 5.24. The molecule has 0 saturated carbocycles. The van der Waals surface area contributed by atoms with E-state index in [2.05, 4.69) is 4.72 Å². The van der Waals surface area contributed by atoms with Crippen LogP contribution in [0.1, 0.15) is 11.1 Å². The first-order chi connectivity index (χ1) is 9.94. The summed E-state index contributed by atoms with van der Waals surface area (Å²) in [6.45, 7) is -0.000271. The van der Waals surface area contributed by atoms with Gasteiger partial charge in [-0.25, -0.2) is 13.1 Å². The molecule has 0 bridgehead atoms. The van der Waals surface area contributed by atoms with Crippen LogP contribution in [0.5, 0.6) is 0 Å². The third-order valence-electron chi connectivity index (χ3n) is 2.85. The molecule has 2 N–H and O–H groups in total. The molecule has 0 atom stereocenters. The molecule has 0 amide bonds. The van der Waals surface area contributed by atoms with Crippen LogP contribution < -0.4 is 4.72 Å². The van der Waals surface area contributed by atoms with Crippen molar-refractivity contribution in [2.75, 3.05) is 0 Å².